The molecule has 0 bridgehead atoms. The van der Waals surface area contributed by atoms with Crippen molar-refractivity contribution in [3.05, 3.63) is 24.3 Å². The predicted molar refractivity (Wildman–Crippen MR) is 52.2 cm³/mol. The zero-order valence-electron chi connectivity index (χ0n) is 7.24. The molecule has 2 nitrogen and oxygen atoms in total. The highest BCUT2D eigenvalue weighted by Crippen LogP contribution is 2.04. The van der Waals surface area contributed by atoms with Crippen molar-refractivity contribution in [3.8, 4) is 0 Å². The molecule has 0 fully saturated rings. The van der Waals surface area contributed by atoms with E-state index in [-0.39, 0.29) is 0 Å². The van der Waals surface area contributed by atoms with Gasteiger partial charge in [-0.1, -0.05) is 24.4 Å². The van der Waals surface area contributed by atoms with Crippen molar-refractivity contribution in [2.75, 3.05) is 6.26 Å². The Balaban J connectivity index is 3.20. The van der Waals surface area contributed by atoms with E-state index in [0.29, 0.717) is 4.90 Å². The van der Waals surface area contributed by atoms with Crippen LogP contribution in [-0.2, 0) is 9.84 Å². The maximum absolute atomic E-state index is 11.1. The van der Waals surface area contributed by atoms with Gasteiger partial charge in [0.15, 0.2) is 17.1 Å². The van der Waals surface area contributed by atoms with Gasteiger partial charge < -0.3 is 0 Å². The van der Waals surface area contributed by atoms with Crippen molar-refractivity contribution in [2.24, 2.45) is 0 Å². The molecule has 64 valence electrons. The summed E-state index contributed by atoms with van der Waals surface area (Å²) in [6.45, 7) is 2.00. The second kappa shape index (κ2) is 3.31. The van der Waals surface area contributed by atoms with Gasteiger partial charge in [-0.25, -0.2) is 8.42 Å². The van der Waals surface area contributed by atoms with Gasteiger partial charge in [-0.3, -0.25) is 0 Å². The summed E-state index contributed by atoms with van der Waals surface area (Å²) in [5, 5.41) is 0. The summed E-state index contributed by atoms with van der Waals surface area (Å²) < 4.78 is 22.2. The van der Waals surface area contributed by atoms with Gasteiger partial charge in [-0.05, 0) is 12.1 Å². The number of hydrogen-bond acceptors (Lipinski definition) is 2. The summed E-state index contributed by atoms with van der Waals surface area (Å²) in [5.41, 5.74) is 1.05. The van der Waals surface area contributed by atoms with Crippen molar-refractivity contribution < 1.29 is 8.42 Å². The molecule has 0 spiro atoms. The van der Waals surface area contributed by atoms with Crippen LogP contribution >= 0.6 is 0 Å². The van der Waals surface area contributed by atoms with Gasteiger partial charge in [0, 0.05) is 6.26 Å². The van der Waals surface area contributed by atoms with E-state index in [1.165, 1.54) is 6.26 Å². The molecule has 0 N–H and O–H groups in total. The Bertz CT molecular complexity index is 370. The zero-order chi connectivity index (χ0) is 9.19. The molecular formula is C8H11BO2S. The van der Waals surface area contributed by atoms with Gasteiger partial charge in [0.25, 0.3) is 0 Å². The van der Waals surface area contributed by atoms with E-state index >= 15 is 0 Å². The minimum atomic E-state index is -3.04. The quantitative estimate of drug-likeness (QED) is 0.612. The van der Waals surface area contributed by atoms with Crippen molar-refractivity contribution in [2.45, 2.75) is 11.7 Å². The number of rotatable bonds is 2. The largest absolute Gasteiger partial charge is 0.224 e. The minimum Gasteiger partial charge on any atom is -0.224 e. The number of hydrogen-bond donors (Lipinski definition) is 0. The van der Waals surface area contributed by atoms with E-state index in [1.54, 1.807) is 18.2 Å². The Kier molecular flexibility index (Phi) is 2.57. The normalized spacial score (nSPS) is 11.2. The third-order valence-corrected chi connectivity index (χ3v) is 2.85. The fourth-order valence-electron chi connectivity index (χ4n) is 0.996. The fourth-order valence-corrected chi connectivity index (χ4v) is 1.69. The van der Waals surface area contributed by atoms with E-state index in [2.05, 4.69) is 0 Å². The lowest BCUT2D eigenvalue weighted by atomic mass is 9.74. The summed E-state index contributed by atoms with van der Waals surface area (Å²) in [7, 11) is -2.17. The van der Waals surface area contributed by atoms with Crippen LogP contribution in [0.1, 0.15) is 0 Å². The first-order chi connectivity index (χ1) is 5.54. The molecule has 0 atom stereocenters. The van der Waals surface area contributed by atoms with Gasteiger partial charge in [0.1, 0.15) is 0 Å². The molecular weight excluding hydrogens is 171 g/mol. The van der Waals surface area contributed by atoms with Gasteiger partial charge >= 0.3 is 0 Å². The average Bonchev–Trinajstić information content (AvgIpc) is 2.03. The molecule has 0 aromatic heterocycles. The maximum Gasteiger partial charge on any atom is 0.175 e. The third-order valence-electron chi connectivity index (χ3n) is 1.73. The van der Waals surface area contributed by atoms with Crippen molar-refractivity contribution in [3.63, 3.8) is 0 Å². The lowest BCUT2D eigenvalue weighted by molar-refractivity contribution is 0.602. The van der Waals surface area contributed by atoms with Crippen LogP contribution in [0.15, 0.2) is 29.2 Å². The van der Waals surface area contributed by atoms with E-state index in [4.69, 9.17) is 0 Å². The van der Waals surface area contributed by atoms with E-state index in [1.807, 2.05) is 12.9 Å². The van der Waals surface area contributed by atoms with Gasteiger partial charge in [-0.15, -0.1) is 0 Å². The monoisotopic (exact) mass is 182 g/mol. The Morgan fingerprint density at radius 2 is 2.00 bits per heavy atom. The summed E-state index contributed by atoms with van der Waals surface area (Å²) in [6, 6.07) is 7.04. The zero-order valence-corrected chi connectivity index (χ0v) is 8.06. The van der Waals surface area contributed by atoms with Crippen LogP contribution in [0, 0.1) is 0 Å². The molecule has 1 rings (SSSR count). The first kappa shape index (κ1) is 9.32. The lowest BCUT2D eigenvalue weighted by Crippen LogP contribution is -2.12. The van der Waals surface area contributed by atoms with Crippen LogP contribution in [0.5, 0.6) is 0 Å². The first-order valence-electron chi connectivity index (χ1n) is 3.83. The standard InChI is InChI=1S/C8H11BO2S/c1-9-7-4-3-5-8(6-7)12(2,10)11/h3-6,9H,1-2H3. The first-order valence-corrected chi connectivity index (χ1v) is 5.72. The summed E-state index contributed by atoms with van der Waals surface area (Å²) >= 11 is 0. The van der Waals surface area contributed by atoms with E-state index in [9.17, 15) is 8.42 Å². The van der Waals surface area contributed by atoms with Crippen molar-refractivity contribution in [1.82, 2.24) is 0 Å². The van der Waals surface area contributed by atoms with Crippen LogP contribution in [0.25, 0.3) is 0 Å². The molecule has 1 aromatic carbocycles. The minimum absolute atomic E-state index is 0.404. The SMILES string of the molecule is CBc1cccc(S(C)(=O)=O)c1. The molecule has 0 amide bonds. The highest BCUT2D eigenvalue weighted by molar-refractivity contribution is 7.90. The van der Waals surface area contributed by atoms with E-state index < -0.39 is 9.84 Å². The Labute approximate surface area is 73.8 Å². The predicted octanol–water partition coefficient (Wildman–Crippen LogP) is 0.200. The molecule has 12 heavy (non-hydrogen) atoms. The second-order valence-corrected chi connectivity index (χ2v) is 4.79. The van der Waals surface area contributed by atoms with Crippen molar-refractivity contribution in [1.29, 1.82) is 0 Å². The molecule has 0 aliphatic rings. The molecule has 0 heterocycles. The lowest BCUT2D eigenvalue weighted by Gasteiger charge is -1.99. The Hall–Kier alpha value is -0.765. The smallest absolute Gasteiger partial charge is 0.175 e. The molecule has 0 saturated carbocycles. The Morgan fingerprint density at radius 3 is 2.50 bits per heavy atom. The Morgan fingerprint density at radius 1 is 1.33 bits per heavy atom. The molecule has 1 aromatic rings. The average molecular weight is 182 g/mol. The fraction of sp³-hybridized carbons (Fsp3) is 0.250. The topological polar surface area (TPSA) is 34.1 Å². The third kappa shape index (κ3) is 2.11. The molecule has 0 aliphatic carbocycles. The van der Waals surface area contributed by atoms with Gasteiger partial charge in [0.2, 0.25) is 0 Å². The molecule has 0 radical (unpaired) electrons. The van der Waals surface area contributed by atoms with Crippen molar-refractivity contribution >= 4 is 22.6 Å². The number of benzene rings is 1. The molecule has 0 saturated heterocycles. The highest BCUT2D eigenvalue weighted by atomic mass is 32.2. The highest BCUT2D eigenvalue weighted by Gasteiger charge is 2.05. The van der Waals surface area contributed by atoms with Gasteiger partial charge in [-0.2, -0.15) is 0 Å². The molecule has 0 aliphatic heterocycles. The van der Waals surface area contributed by atoms with Crippen LogP contribution in [-0.4, -0.2) is 22.0 Å². The molecule has 4 heteroatoms. The summed E-state index contributed by atoms with van der Waals surface area (Å²) in [6.07, 6.45) is 1.22. The van der Waals surface area contributed by atoms with Crippen LogP contribution in [0.3, 0.4) is 0 Å². The van der Waals surface area contributed by atoms with Crippen LogP contribution in [0.4, 0.5) is 0 Å². The van der Waals surface area contributed by atoms with E-state index in [0.717, 1.165) is 12.7 Å². The summed E-state index contributed by atoms with van der Waals surface area (Å²) in [5.74, 6) is 0. The van der Waals surface area contributed by atoms with Gasteiger partial charge in [0.05, 0.1) is 4.90 Å². The molecule has 0 unspecified atom stereocenters. The number of sulfone groups is 1. The van der Waals surface area contributed by atoms with Crippen LogP contribution in [0.2, 0.25) is 6.82 Å². The maximum atomic E-state index is 11.1. The summed E-state index contributed by atoms with van der Waals surface area (Å²) in [4.78, 5) is 0.404. The van der Waals surface area contributed by atoms with Crippen LogP contribution < -0.4 is 5.46 Å². The second-order valence-electron chi connectivity index (χ2n) is 2.77.